The van der Waals surface area contributed by atoms with E-state index in [2.05, 4.69) is 111 Å². The summed E-state index contributed by atoms with van der Waals surface area (Å²) >= 11 is 0. The van der Waals surface area contributed by atoms with E-state index in [9.17, 15) is 0 Å². The zero-order valence-corrected chi connectivity index (χ0v) is 16.7. The highest BCUT2D eigenvalue weighted by atomic mass is 14.5. The molecule has 0 amide bonds. The van der Waals surface area contributed by atoms with Crippen LogP contribution in [0, 0.1) is 0 Å². The maximum Gasteiger partial charge on any atom is 0.0710 e. The van der Waals surface area contributed by atoms with Gasteiger partial charge in [-0.25, -0.2) is 0 Å². The van der Waals surface area contributed by atoms with Gasteiger partial charge in [0, 0.05) is 0 Å². The third-order valence-corrected chi connectivity index (χ3v) is 5.31. The van der Waals surface area contributed by atoms with Gasteiger partial charge >= 0.3 is 0 Å². The summed E-state index contributed by atoms with van der Waals surface area (Å²) < 4.78 is 0. The van der Waals surface area contributed by atoms with Gasteiger partial charge in [0.05, 0.1) is 5.41 Å². The molecular weight excluding hydrogens is 324 g/mol. The first-order valence-electron chi connectivity index (χ1n) is 9.88. The SMILES string of the molecule is C/C=C1\C(=C/C)C(c2ccccc2)(c2ccccc2)c2ccccc21.CC. The first-order chi connectivity index (χ1) is 13.3. The molecule has 0 heterocycles. The summed E-state index contributed by atoms with van der Waals surface area (Å²) in [5, 5.41) is 0. The van der Waals surface area contributed by atoms with Crippen molar-refractivity contribution in [1.82, 2.24) is 0 Å². The molecule has 136 valence electrons. The molecule has 0 fully saturated rings. The zero-order chi connectivity index (χ0) is 19.3. The molecule has 0 aromatic heterocycles. The Morgan fingerprint density at radius 1 is 0.593 bits per heavy atom. The zero-order valence-electron chi connectivity index (χ0n) is 16.7. The van der Waals surface area contributed by atoms with Gasteiger partial charge in [-0.05, 0) is 47.2 Å². The molecule has 1 aliphatic carbocycles. The van der Waals surface area contributed by atoms with Gasteiger partial charge in [-0.3, -0.25) is 0 Å². The Morgan fingerprint density at radius 3 is 1.56 bits per heavy atom. The van der Waals surface area contributed by atoms with Gasteiger partial charge in [0.2, 0.25) is 0 Å². The van der Waals surface area contributed by atoms with Crippen LogP contribution in [-0.4, -0.2) is 0 Å². The first-order valence-corrected chi connectivity index (χ1v) is 9.88. The highest BCUT2D eigenvalue weighted by Gasteiger charge is 2.47. The first kappa shape index (κ1) is 18.9. The van der Waals surface area contributed by atoms with Gasteiger partial charge in [-0.2, -0.15) is 0 Å². The molecule has 0 aliphatic heterocycles. The van der Waals surface area contributed by atoms with Gasteiger partial charge in [-0.15, -0.1) is 0 Å². The lowest BCUT2D eigenvalue weighted by molar-refractivity contribution is 0.767. The summed E-state index contributed by atoms with van der Waals surface area (Å²) in [5.41, 5.74) is 7.80. The number of benzene rings is 3. The van der Waals surface area contributed by atoms with Crippen LogP contribution in [0.15, 0.2) is 103 Å². The van der Waals surface area contributed by atoms with E-state index in [-0.39, 0.29) is 5.41 Å². The maximum absolute atomic E-state index is 2.29. The topological polar surface area (TPSA) is 0 Å². The summed E-state index contributed by atoms with van der Waals surface area (Å²) in [4.78, 5) is 0. The maximum atomic E-state index is 2.29. The number of hydrogen-bond acceptors (Lipinski definition) is 0. The van der Waals surface area contributed by atoms with E-state index in [1.54, 1.807) is 0 Å². The molecule has 0 unspecified atom stereocenters. The third-order valence-electron chi connectivity index (χ3n) is 5.31. The summed E-state index contributed by atoms with van der Waals surface area (Å²) in [6, 6.07) is 30.6. The molecule has 0 nitrogen and oxygen atoms in total. The summed E-state index contributed by atoms with van der Waals surface area (Å²) in [7, 11) is 0. The molecule has 0 bridgehead atoms. The smallest absolute Gasteiger partial charge is 0.0710 e. The second-order valence-corrected chi connectivity index (χ2v) is 6.43. The lowest BCUT2D eigenvalue weighted by Crippen LogP contribution is -2.28. The fraction of sp³-hybridized carbons (Fsp3) is 0.185. The van der Waals surface area contributed by atoms with Gasteiger partial charge in [0.1, 0.15) is 0 Å². The fourth-order valence-electron chi connectivity index (χ4n) is 4.39. The quantitative estimate of drug-likeness (QED) is 0.450. The van der Waals surface area contributed by atoms with Crippen LogP contribution in [0.1, 0.15) is 49.9 Å². The Kier molecular flexibility index (Phi) is 5.76. The number of allylic oxidation sites excluding steroid dienone is 4. The van der Waals surface area contributed by atoms with Crippen LogP contribution in [0.5, 0.6) is 0 Å². The molecule has 0 spiro atoms. The molecular formula is C27H28. The summed E-state index contributed by atoms with van der Waals surface area (Å²) in [6.45, 7) is 8.30. The molecule has 3 aromatic carbocycles. The van der Waals surface area contributed by atoms with E-state index in [1.165, 1.54) is 33.4 Å². The normalized spacial score (nSPS) is 17.3. The van der Waals surface area contributed by atoms with Gasteiger partial charge in [0.25, 0.3) is 0 Å². The van der Waals surface area contributed by atoms with E-state index in [1.807, 2.05) is 13.8 Å². The number of fused-ring (bicyclic) bond motifs is 1. The molecule has 0 N–H and O–H groups in total. The van der Waals surface area contributed by atoms with Crippen molar-refractivity contribution >= 4 is 5.57 Å². The van der Waals surface area contributed by atoms with Crippen molar-refractivity contribution in [3.63, 3.8) is 0 Å². The van der Waals surface area contributed by atoms with Crippen molar-refractivity contribution in [3.8, 4) is 0 Å². The van der Waals surface area contributed by atoms with Crippen LogP contribution >= 0.6 is 0 Å². The van der Waals surface area contributed by atoms with Crippen molar-refractivity contribution < 1.29 is 0 Å². The Labute approximate surface area is 163 Å². The molecule has 0 saturated heterocycles. The molecule has 0 saturated carbocycles. The Morgan fingerprint density at radius 2 is 1.07 bits per heavy atom. The Bertz CT molecular complexity index is 904. The van der Waals surface area contributed by atoms with Crippen LogP contribution < -0.4 is 0 Å². The van der Waals surface area contributed by atoms with Gasteiger partial charge in [0.15, 0.2) is 0 Å². The van der Waals surface area contributed by atoms with E-state index in [4.69, 9.17) is 0 Å². The van der Waals surface area contributed by atoms with Crippen molar-refractivity contribution in [3.05, 3.63) is 125 Å². The van der Waals surface area contributed by atoms with Crippen LogP contribution in [0.2, 0.25) is 0 Å². The fourth-order valence-corrected chi connectivity index (χ4v) is 4.39. The van der Waals surface area contributed by atoms with E-state index in [0.717, 1.165) is 0 Å². The predicted molar refractivity (Wildman–Crippen MR) is 118 cm³/mol. The Balaban J connectivity index is 0.00000102. The van der Waals surface area contributed by atoms with Gasteiger partial charge in [-0.1, -0.05) is 111 Å². The minimum atomic E-state index is -0.254. The highest BCUT2D eigenvalue weighted by Crippen LogP contribution is 2.56. The average molecular weight is 353 g/mol. The molecule has 27 heavy (non-hydrogen) atoms. The standard InChI is InChI=1S/C25H22.C2H6/c1-3-21-22-17-11-12-18-24(22)25(23(21)4-2,19-13-7-5-8-14-19)20-15-9-6-10-16-20;1-2/h3-18H,1-2H3;1-2H3/b21-3-,23-4+;. The molecule has 0 heteroatoms. The van der Waals surface area contributed by atoms with Crippen molar-refractivity contribution in [2.45, 2.75) is 33.1 Å². The van der Waals surface area contributed by atoms with E-state index < -0.39 is 0 Å². The van der Waals surface area contributed by atoms with Crippen molar-refractivity contribution in [2.24, 2.45) is 0 Å². The van der Waals surface area contributed by atoms with Gasteiger partial charge < -0.3 is 0 Å². The van der Waals surface area contributed by atoms with Crippen molar-refractivity contribution in [2.75, 3.05) is 0 Å². The van der Waals surface area contributed by atoms with E-state index in [0.29, 0.717) is 0 Å². The lowest BCUT2D eigenvalue weighted by Gasteiger charge is -2.34. The van der Waals surface area contributed by atoms with Crippen LogP contribution in [0.4, 0.5) is 0 Å². The van der Waals surface area contributed by atoms with Crippen LogP contribution in [0.25, 0.3) is 5.57 Å². The minimum absolute atomic E-state index is 0.254. The summed E-state index contributed by atoms with van der Waals surface area (Å²) in [6.07, 6.45) is 4.54. The largest absolute Gasteiger partial charge is 0.0822 e. The molecule has 0 radical (unpaired) electrons. The highest BCUT2D eigenvalue weighted by molar-refractivity contribution is 5.93. The van der Waals surface area contributed by atoms with E-state index >= 15 is 0 Å². The monoisotopic (exact) mass is 352 g/mol. The second-order valence-electron chi connectivity index (χ2n) is 6.43. The van der Waals surface area contributed by atoms with Crippen molar-refractivity contribution in [1.29, 1.82) is 0 Å². The second kappa shape index (κ2) is 8.22. The lowest BCUT2D eigenvalue weighted by atomic mass is 9.67. The molecule has 4 rings (SSSR count). The number of hydrogen-bond donors (Lipinski definition) is 0. The summed E-state index contributed by atoms with van der Waals surface area (Å²) in [5.74, 6) is 0. The average Bonchev–Trinajstić information content (AvgIpc) is 3.06. The number of rotatable bonds is 2. The molecule has 1 aliphatic rings. The van der Waals surface area contributed by atoms with Crippen LogP contribution in [0.3, 0.4) is 0 Å². The Hall–Kier alpha value is -2.86. The molecule has 3 aromatic rings. The predicted octanol–water partition coefficient (Wildman–Crippen LogP) is 7.41. The molecule has 0 atom stereocenters. The van der Waals surface area contributed by atoms with Crippen LogP contribution in [-0.2, 0) is 5.41 Å². The third kappa shape index (κ3) is 2.86. The minimum Gasteiger partial charge on any atom is -0.0822 e.